The molecule has 0 radical (unpaired) electrons. The zero-order valence-corrected chi connectivity index (χ0v) is 14.4. The molecule has 26 heavy (non-hydrogen) atoms. The van der Waals surface area contributed by atoms with Crippen LogP contribution in [0.15, 0.2) is 48.8 Å². The molecule has 1 N–H and O–H groups in total. The Balaban J connectivity index is 0.00000196. The van der Waals surface area contributed by atoms with Crippen LogP contribution in [0.2, 0.25) is 0 Å². The van der Waals surface area contributed by atoms with E-state index >= 15 is 0 Å². The van der Waals surface area contributed by atoms with Crippen LogP contribution in [0.3, 0.4) is 0 Å². The standard InChI is InChI=1S/C18H15F3N4.ClH/c19-18(20,21)14-3-1-13(2-4-14)17-16(12-5-7-22-8-6-12)15-11-23-9-10-25(15)24-17;/h1-8,23H,9-11H2;1H. The quantitative estimate of drug-likeness (QED) is 0.726. The second-order valence-electron chi connectivity index (χ2n) is 5.88. The molecule has 8 heteroatoms. The molecule has 0 saturated carbocycles. The lowest BCUT2D eigenvalue weighted by Crippen LogP contribution is -2.28. The number of aromatic nitrogens is 3. The zero-order valence-electron chi connectivity index (χ0n) is 13.6. The molecule has 0 atom stereocenters. The molecule has 0 unspecified atom stereocenters. The van der Waals surface area contributed by atoms with Crippen LogP contribution in [-0.2, 0) is 19.3 Å². The summed E-state index contributed by atoms with van der Waals surface area (Å²) in [6.07, 6.45) is -0.942. The van der Waals surface area contributed by atoms with E-state index < -0.39 is 11.7 Å². The number of rotatable bonds is 2. The van der Waals surface area contributed by atoms with Gasteiger partial charge in [0.1, 0.15) is 5.69 Å². The third-order valence-corrected chi connectivity index (χ3v) is 4.31. The Labute approximate surface area is 154 Å². The van der Waals surface area contributed by atoms with Crippen molar-refractivity contribution >= 4 is 12.4 Å². The van der Waals surface area contributed by atoms with Crippen molar-refractivity contribution in [2.24, 2.45) is 0 Å². The van der Waals surface area contributed by atoms with Gasteiger partial charge in [0.05, 0.1) is 17.8 Å². The molecule has 3 aromatic rings. The number of hydrogen-bond acceptors (Lipinski definition) is 3. The van der Waals surface area contributed by atoms with Gasteiger partial charge in [0.15, 0.2) is 0 Å². The minimum Gasteiger partial charge on any atom is -0.309 e. The predicted molar refractivity (Wildman–Crippen MR) is 94.9 cm³/mol. The molecule has 4 rings (SSSR count). The smallest absolute Gasteiger partial charge is 0.309 e. The number of hydrogen-bond donors (Lipinski definition) is 1. The summed E-state index contributed by atoms with van der Waals surface area (Å²) in [4.78, 5) is 4.04. The van der Waals surface area contributed by atoms with Crippen LogP contribution in [0, 0.1) is 0 Å². The monoisotopic (exact) mass is 380 g/mol. The highest BCUT2D eigenvalue weighted by Crippen LogP contribution is 2.36. The lowest BCUT2D eigenvalue weighted by molar-refractivity contribution is -0.137. The van der Waals surface area contributed by atoms with Gasteiger partial charge in [-0.2, -0.15) is 18.3 Å². The molecule has 1 aliphatic heterocycles. The summed E-state index contributed by atoms with van der Waals surface area (Å²) in [5.74, 6) is 0. The number of pyridine rings is 1. The number of nitrogens with zero attached hydrogens (tertiary/aromatic N) is 3. The van der Waals surface area contributed by atoms with Crippen LogP contribution in [0.25, 0.3) is 22.4 Å². The molecule has 0 bridgehead atoms. The fourth-order valence-electron chi connectivity index (χ4n) is 3.09. The fraction of sp³-hybridized carbons (Fsp3) is 0.222. The Morgan fingerprint density at radius 2 is 1.65 bits per heavy atom. The van der Waals surface area contributed by atoms with Crippen molar-refractivity contribution in [3.63, 3.8) is 0 Å². The van der Waals surface area contributed by atoms with Crippen molar-refractivity contribution in [3.05, 3.63) is 60.0 Å². The maximum Gasteiger partial charge on any atom is 0.416 e. The molecule has 2 aromatic heterocycles. The average Bonchev–Trinajstić information content (AvgIpc) is 3.01. The van der Waals surface area contributed by atoms with Crippen LogP contribution < -0.4 is 5.32 Å². The van der Waals surface area contributed by atoms with Crippen LogP contribution in [-0.4, -0.2) is 21.3 Å². The van der Waals surface area contributed by atoms with Gasteiger partial charge in [-0.3, -0.25) is 9.67 Å². The van der Waals surface area contributed by atoms with E-state index in [4.69, 9.17) is 0 Å². The lowest BCUT2D eigenvalue weighted by Gasteiger charge is -2.16. The molecule has 3 heterocycles. The molecule has 0 amide bonds. The summed E-state index contributed by atoms with van der Waals surface area (Å²) in [5.41, 5.74) is 3.63. The highest BCUT2D eigenvalue weighted by atomic mass is 35.5. The van der Waals surface area contributed by atoms with Crippen molar-refractivity contribution in [2.75, 3.05) is 6.54 Å². The summed E-state index contributed by atoms with van der Waals surface area (Å²) >= 11 is 0. The van der Waals surface area contributed by atoms with Gasteiger partial charge >= 0.3 is 6.18 Å². The molecule has 0 spiro atoms. The Morgan fingerprint density at radius 3 is 2.31 bits per heavy atom. The zero-order chi connectivity index (χ0) is 17.4. The summed E-state index contributed by atoms with van der Waals surface area (Å²) in [7, 11) is 0. The molecular formula is C18H16ClF3N4. The highest BCUT2D eigenvalue weighted by Gasteiger charge is 2.30. The van der Waals surface area contributed by atoms with Crippen LogP contribution >= 0.6 is 12.4 Å². The van der Waals surface area contributed by atoms with E-state index in [1.807, 2.05) is 16.8 Å². The van der Waals surface area contributed by atoms with E-state index in [9.17, 15) is 13.2 Å². The summed E-state index contributed by atoms with van der Waals surface area (Å²) in [6, 6.07) is 8.94. The van der Waals surface area contributed by atoms with E-state index in [2.05, 4.69) is 15.4 Å². The minimum atomic E-state index is -4.34. The van der Waals surface area contributed by atoms with Crippen molar-refractivity contribution in [3.8, 4) is 22.4 Å². The normalized spacial score (nSPS) is 13.8. The molecule has 0 saturated heterocycles. The largest absolute Gasteiger partial charge is 0.416 e. The van der Waals surface area contributed by atoms with Crippen LogP contribution in [0.5, 0.6) is 0 Å². The first-order valence-corrected chi connectivity index (χ1v) is 7.92. The molecule has 0 aliphatic carbocycles. The first-order valence-electron chi connectivity index (χ1n) is 7.92. The van der Waals surface area contributed by atoms with Gasteiger partial charge in [-0.1, -0.05) is 12.1 Å². The predicted octanol–water partition coefficient (Wildman–Crippen LogP) is 4.16. The third kappa shape index (κ3) is 3.32. The number of fused-ring (bicyclic) bond motifs is 1. The number of alkyl halides is 3. The van der Waals surface area contributed by atoms with Gasteiger partial charge in [-0.15, -0.1) is 12.4 Å². The summed E-state index contributed by atoms with van der Waals surface area (Å²) in [6.45, 7) is 2.22. The molecule has 1 aromatic carbocycles. The van der Waals surface area contributed by atoms with Gasteiger partial charge in [0.25, 0.3) is 0 Å². The van der Waals surface area contributed by atoms with E-state index in [-0.39, 0.29) is 12.4 Å². The summed E-state index contributed by atoms with van der Waals surface area (Å²) < 4.78 is 40.4. The Kier molecular flexibility index (Phi) is 5.02. The number of benzene rings is 1. The minimum absolute atomic E-state index is 0. The number of halogens is 4. The van der Waals surface area contributed by atoms with Gasteiger partial charge in [0, 0.05) is 36.6 Å². The molecular weight excluding hydrogens is 365 g/mol. The van der Waals surface area contributed by atoms with E-state index in [1.54, 1.807) is 12.4 Å². The molecule has 1 aliphatic rings. The maximum absolute atomic E-state index is 12.8. The van der Waals surface area contributed by atoms with Gasteiger partial charge < -0.3 is 5.32 Å². The molecule has 0 fully saturated rings. The maximum atomic E-state index is 12.8. The Hall–Kier alpha value is -2.38. The van der Waals surface area contributed by atoms with Gasteiger partial charge in [-0.25, -0.2) is 0 Å². The van der Waals surface area contributed by atoms with Crippen LogP contribution in [0.4, 0.5) is 13.2 Å². The van der Waals surface area contributed by atoms with Crippen molar-refractivity contribution in [1.82, 2.24) is 20.1 Å². The van der Waals surface area contributed by atoms with Gasteiger partial charge in [-0.05, 0) is 29.8 Å². The van der Waals surface area contributed by atoms with Crippen molar-refractivity contribution in [1.29, 1.82) is 0 Å². The second-order valence-corrected chi connectivity index (χ2v) is 5.88. The third-order valence-electron chi connectivity index (χ3n) is 4.31. The SMILES string of the molecule is Cl.FC(F)(F)c1ccc(-c2nn3c(c2-c2ccncc2)CNCC3)cc1. The second kappa shape index (κ2) is 7.09. The van der Waals surface area contributed by atoms with E-state index in [1.165, 1.54) is 12.1 Å². The van der Waals surface area contributed by atoms with Crippen molar-refractivity contribution < 1.29 is 13.2 Å². The average molecular weight is 381 g/mol. The van der Waals surface area contributed by atoms with E-state index in [0.29, 0.717) is 17.8 Å². The topological polar surface area (TPSA) is 42.7 Å². The Morgan fingerprint density at radius 1 is 0.962 bits per heavy atom. The van der Waals surface area contributed by atoms with Gasteiger partial charge in [0.2, 0.25) is 0 Å². The lowest BCUT2D eigenvalue weighted by atomic mass is 9.98. The first kappa shape index (κ1) is 18.4. The first-order chi connectivity index (χ1) is 12.0. The number of nitrogens with one attached hydrogen (secondary N) is 1. The molecule has 4 nitrogen and oxygen atoms in total. The Bertz CT molecular complexity index is 889. The fourth-order valence-corrected chi connectivity index (χ4v) is 3.09. The van der Waals surface area contributed by atoms with Crippen molar-refractivity contribution in [2.45, 2.75) is 19.3 Å². The molecule has 136 valence electrons. The van der Waals surface area contributed by atoms with E-state index in [0.717, 1.165) is 42.0 Å². The highest BCUT2D eigenvalue weighted by molar-refractivity contribution is 5.85. The van der Waals surface area contributed by atoms with Crippen LogP contribution in [0.1, 0.15) is 11.3 Å². The summed E-state index contributed by atoms with van der Waals surface area (Å²) in [5, 5.41) is 7.98.